The number of benzene rings is 1. The number of unbranched alkanes of at least 4 members (excludes halogenated alkanes) is 1. The number of phenols is 1. The van der Waals surface area contributed by atoms with Gasteiger partial charge in [0.1, 0.15) is 23.9 Å². The Labute approximate surface area is 220 Å². The van der Waals surface area contributed by atoms with Crippen LogP contribution in [0.1, 0.15) is 37.7 Å². The molecule has 0 saturated carbocycles. The Kier molecular flexibility index (Phi) is 14.0. The largest absolute Gasteiger partial charge is 0.508 e. The molecular weight excluding hydrogens is 504 g/mol. The number of nitrogens with one attached hydrogen (secondary N) is 3. The summed E-state index contributed by atoms with van der Waals surface area (Å²) in [7, 11) is 0. The van der Waals surface area contributed by atoms with Crippen LogP contribution >= 0.6 is 12.6 Å². The van der Waals surface area contributed by atoms with Crippen LogP contribution in [0.2, 0.25) is 0 Å². The average Bonchev–Trinajstić information content (AvgIpc) is 2.85. The average molecular weight is 541 g/mol. The van der Waals surface area contributed by atoms with Crippen molar-refractivity contribution in [3.05, 3.63) is 29.8 Å². The van der Waals surface area contributed by atoms with Gasteiger partial charge in [-0.2, -0.15) is 12.6 Å². The molecule has 1 aromatic rings. The van der Waals surface area contributed by atoms with Crippen LogP contribution in [0.4, 0.5) is 0 Å². The normalized spacial score (nSPS) is 14.0. The first-order valence-electron chi connectivity index (χ1n) is 11.7. The van der Waals surface area contributed by atoms with Crippen molar-refractivity contribution in [3.63, 3.8) is 0 Å². The number of amides is 4. The Balaban J connectivity index is 3.03. The fourth-order valence-corrected chi connectivity index (χ4v) is 3.46. The van der Waals surface area contributed by atoms with Crippen molar-refractivity contribution in [2.24, 2.45) is 17.2 Å². The minimum absolute atomic E-state index is 0.00986. The van der Waals surface area contributed by atoms with Crippen LogP contribution in [0.3, 0.4) is 0 Å². The molecule has 4 amide bonds. The second-order valence-corrected chi connectivity index (χ2v) is 8.84. The van der Waals surface area contributed by atoms with E-state index in [0.717, 1.165) is 0 Å². The Morgan fingerprint density at radius 2 is 1.41 bits per heavy atom. The fourth-order valence-electron chi connectivity index (χ4n) is 3.29. The lowest BCUT2D eigenvalue weighted by molar-refractivity contribution is -0.142. The SMILES string of the molecule is NCCCCC(NC(=O)C(CCC(N)=O)NC(=O)C(N)CS)C(=O)NC(Cc1ccc(O)cc1)C(=O)O. The maximum absolute atomic E-state index is 13.0. The van der Waals surface area contributed by atoms with Gasteiger partial charge in [0, 0.05) is 18.6 Å². The first kappa shape index (κ1) is 31.7. The van der Waals surface area contributed by atoms with E-state index < -0.39 is 53.8 Å². The first-order chi connectivity index (χ1) is 17.5. The molecule has 1 rings (SSSR count). The van der Waals surface area contributed by atoms with E-state index in [2.05, 4.69) is 28.6 Å². The molecule has 0 heterocycles. The number of phenolic OH excluding ortho intramolecular Hbond substituents is 1. The second kappa shape index (κ2) is 16.4. The Morgan fingerprint density at radius 1 is 0.865 bits per heavy atom. The molecular formula is C23H36N6O7S. The number of hydrogen-bond donors (Lipinski definition) is 9. The molecule has 4 atom stereocenters. The van der Waals surface area contributed by atoms with Crippen LogP contribution < -0.4 is 33.2 Å². The molecule has 0 saturated heterocycles. The molecule has 0 aliphatic rings. The summed E-state index contributed by atoms with van der Waals surface area (Å²) in [5, 5.41) is 26.4. The van der Waals surface area contributed by atoms with Crippen molar-refractivity contribution in [2.45, 2.75) is 62.7 Å². The minimum atomic E-state index is -1.32. The summed E-state index contributed by atoms with van der Waals surface area (Å²) in [6.07, 6.45) is 0.729. The van der Waals surface area contributed by atoms with E-state index in [9.17, 15) is 34.2 Å². The monoisotopic (exact) mass is 540 g/mol. The van der Waals surface area contributed by atoms with Crippen LogP contribution in [0.5, 0.6) is 5.75 Å². The Morgan fingerprint density at radius 3 is 1.92 bits per heavy atom. The number of carboxylic acids is 1. The predicted octanol–water partition coefficient (Wildman–Crippen LogP) is -1.87. The smallest absolute Gasteiger partial charge is 0.326 e. The number of aliphatic carboxylic acids is 1. The summed E-state index contributed by atoms with van der Waals surface area (Å²) in [4.78, 5) is 61.3. The number of thiol groups is 1. The van der Waals surface area contributed by atoms with E-state index in [-0.39, 0.29) is 37.2 Å². The fraction of sp³-hybridized carbons (Fsp3) is 0.522. The summed E-state index contributed by atoms with van der Waals surface area (Å²) in [6.45, 7) is 0.347. The zero-order valence-corrected chi connectivity index (χ0v) is 21.3. The second-order valence-electron chi connectivity index (χ2n) is 8.47. The highest BCUT2D eigenvalue weighted by molar-refractivity contribution is 7.80. The number of rotatable bonds is 17. The third kappa shape index (κ3) is 11.9. The van der Waals surface area contributed by atoms with E-state index >= 15 is 0 Å². The Bertz CT molecular complexity index is 931. The lowest BCUT2D eigenvalue weighted by Crippen LogP contribution is -2.57. The number of aromatic hydroxyl groups is 1. The van der Waals surface area contributed by atoms with Crippen LogP contribution in [0, 0.1) is 0 Å². The molecule has 0 aliphatic carbocycles. The molecule has 0 spiro atoms. The molecule has 0 radical (unpaired) electrons. The van der Waals surface area contributed by atoms with Crippen LogP contribution in [-0.4, -0.2) is 76.3 Å². The molecule has 13 nitrogen and oxygen atoms in total. The van der Waals surface area contributed by atoms with Gasteiger partial charge in [0.25, 0.3) is 0 Å². The van der Waals surface area contributed by atoms with Crippen molar-refractivity contribution >= 4 is 42.2 Å². The van der Waals surface area contributed by atoms with Crippen molar-refractivity contribution < 1.29 is 34.2 Å². The number of primary amides is 1. The quantitative estimate of drug-likeness (QED) is 0.0792. The molecule has 0 fully saturated rings. The third-order valence-corrected chi connectivity index (χ3v) is 5.81. The molecule has 0 bridgehead atoms. The highest BCUT2D eigenvalue weighted by atomic mass is 32.1. The Hall–Kier alpha value is -3.36. The van der Waals surface area contributed by atoms with Gasteiger partial charge in [0.15, 0.2) is 0 Å². The minimum Gasteiger partial charge on any atom is -0.508 e. The van der Waals surface area contributed by atoms with Gasteiger partial charge < -0.3 is 43.4 Å². The topological polar surface area (TPSA) is 240 Å². The molecule has 206 valence electrons. The zero-order chi connectivity index (χ0) is 28.0. The number of carbonyl (C=O) groups excluding carboxylic acids is 4. The first-order valence-corrected chi connectivity index (χ1v) is 12.4. The molecule has 0 aliphatic heterocycles. The highest BCUT2D eigenvalue weighted by Gasteiger charge is 2.30. The van der Waals surface area contributed by atoms with E-state index in [1.807, 2.05) is 0 Å². The van der Waals surface area contributed by atoms with Gasteiger partial charge in [-0.25, -0.2) is 4.79 Å². The van der Waals surface area contributed by atoms with Gasteiger partial charge in [-0.3, -0.25) is 19.2 Å². The van der Waals surface area contributed by atoms with Gasteiger partial charge in [0.2, 0.25) is 23.6 Å². The number of carboxylic acid groups (broad SMARTS) is 1. The zero-order valence-electron chi connectivity index (χ0n) is 20.4. The van der Waals surface area contributed by atoms with Gasteiger partial charge in [-0.15, -0.1) is 0 Å². The molecule has 1 aromatic carbocycles. The van der Waals surface area contributed by atoms with E-state index in [0.29, 0.717) is 24.9 Å². The van der Waals surface area contributed by atoms with Crippen molar-refractivity contribution in [1.82, 2.24) is 16.0 Å². The molecule has 37 heavy (non-hydrogen) atoms. The van der Waals surface area contributed by atoms with Gasteiger partial charge in [-0.05, 0) is 49.9 Å². The molecule has 14 heteroatoms. The summed E-state index contributed by atoms with van der Waals surface area (Å²) >= 11 is 3.95. The van der Waals surface area contributed by atoms with Crippen molar-refractivity contribution in [3.8, 4) is 5.75 Å². The van der Waals surface area contributed by atoms with Gasteiger partial charge in [0.05, 0.1) is 6.04 Å². The van der Waals surface area contributed by atoms with Crippen LogP contribution in [-0.2, 0) is 30.4 Å². The van der Waals surface area contributed by atoms with Gasteiger partial charge in [-0.1, -0.05) is 12.1 Å². The molecule has 11 N–H and O–H groups in total. The highest BCUT2D eigenvalue weighted by Crippen LogP contribution is 2.12. The van der Waals surface area contributed by atoms with Crippen LogP contribution in [0.15, 0.2) is 24.3 Å². The lowest BCUT2D eigenvalue weighted by Gasteiger charge is -2.25. The van der Waals surface area contributed by atoms with Crippen molar-refractivity contribution in [1.29, 1.82) is 0 Å². The summed E-state index contributed by atoms with van der Waals surface area (Å²) in [5.41, 5.74) is 16.9. The lowest BCUT2D eigenvalue weighted by atomic mass is 10.0. The maximum atomic E-state index is 13.0. The number of hydrogen-bond acceptors (Lipinski definition) is 9. The summed E-state index contributed by atoms with van der Waals surface area (Å²) in [6, 6.07) is 1.16. The predicted molar refractivity (Wildman–Crippen MR) is 138 cm³/mol. The third-order valence-electron chi connectivity index (χ3n) is 5.42. The van der Waals surface area contributed by atoms with E-state index in [1.165, 1.54) is 24.3 Å². The van der Waals surface area contributed by atoms with Crippen LogP contribution in [0.25, 0.3) is 0 Å². The van der Waals surface area contributed by atoms with E-state index in [4.69, 9.17) is 17.2 Å². The summed E-state index contributed by atoms with van der Waals surface area (Å²) in [5.74, 6) is -4.15. The molecule has 0 aromatic heterocycles. The number of carbonyl (C=O) groups is 5. The number of nitrogens with two attached hydrogens (primary N) is 3. The standard InChI is InChI=1S/C23H36N6O7S/c24-10-2-1-3-16(21(33)29-18(23(35)36)11-13-4-6-14(30)7-5-13)28-22(34)17(8-9-19(26)31)27-20(32)15(25)12-37/h4-7,15-18,30,37H,1-3,8-12,24-25H2,(H2,26,31)(H,27,32)(H,28,34)(H,29,33)(H,35,36). The van der Waals surface area contributed by atoms with Gasteiger partial charge >= 0.3 is 5.97 Å². The van der Waals surface area contributed by atoms with Crippen molar-refractivity contribution in [2.75, 3.05) is 12.3 Å². The molecule has 4 unspecified atom stereocenters. The van der Waals surface area contributed by atoms with E-state index in [1.54, 1.807) is 0 Å². The maximum Gasteiger partial charge on any atom is 0.326 e. The summed E-state index contributed by atoms with van der Waals surface area (Å²) < 4.78 is 0.